The van der Waals surface area contributed by atoms with Crippen molar-refractivity contribution in [1.82, 2.24) is 15.5 Å². The Morgan fingerprint density at radius 1 is 1.18 bits per heavy atom. The molecule has 0 spiro atoms. The molecule has 0 aromatic heterocycles. The van der Waals surface area contributed by atoms with Gasteiger partial charge in [0.05, 0.1) is 27.4 Å². The maximum atomic E-state index is 5.51. The molecule has 0 saturated carbocycles. The van der Waals surface area contributed by atoms with Crippen LogP contribution in [0.15, 0.2) is 23.2 Å². The average molecular weight is 393 g/mol. The molecule has 1 fully saturated rings. The Labute approximate surface area is 169 Å². The van der Waals surface area contributed by atoms with Crippen LogP contribution in [-0.4, -0.2) is 71.0 Å². The van der Waals surface area contributed by atoms with Gasteiger partial charge in [0, 0.05) is 50.9 Å². The largest absolute Gasteiger partial charge is 0.497 e. The molecule has 158 valence electrons. The fourth-order valence-corrected chi connectivity index (χ4v) is 3.46. The van der Waals surface area contributed by atoms with Gasteiger partial charge in [-0.1, -0.05) is 13.8 Å². The lowest BCUT2D eigenvalue weighted by molar-refractivity contribution is 0.0132. The first-order valence-electron chi connectivity index (χ1n) is 10.0. The lowest BCUT2D eigenvalue weighted by Crippen LogP contribution is -2.50. The zero-order valence-corrected chi connectivity index (χ0v) is 18.0. The Morgan fingerprint density at radius 2 is 1.93 bits per heavy atom. The molecule has 1 saturated heterocycles. The van der Waals surface area contributed by atoms with Gasteiger partial charge in [0.25, 0.3) is 0 Å². The molecular weight excluding hydrogens is 356 g/mol. The van der Waals surface area contributed by atoms with E-state index in [1.165, 1.54) is 0 Å². The van der Waals surface area contributed by atoms with E-state index in [0.717, 1.165) is 62.3 Å². The molecule has 0 bridgehead atoms. The minimum absolute atomic E-state index is 0.470. The van der Waals surface area contributed by atoms with Crippen molar-refractivity contribution in [2.75, 3.05) is 54.1 Å². The van der Waals surface area contributed by atoms with Crippen molar-refractivity contribution in [2.24, 2.45) is 10.9 Å². The van der Waals surface area contributed by atoms with E-state index in [0.29, 0.717) is 18.5 Å². The van der Waals surface area contributed by atoms with E-state index in [1.807, 2.05) is 18.2 Å². The van der Waals surface area contributed by atoms with Crippen molar-refractivity contribution in [1.29, 1.82) is 0 Å². The molecule has 2 N–H and O–H groups in total. The molecule has 28 heavy (non-hydrogen) atoms. The molecule has 7 nitrogen and oxygen atoms in total. The lowest BCUT2D eigenvalue weighted by Gasteiger charge is -2.35. The van der Waals surface area contributed by atoms with Gasteiger partial charge in [0.1, 0.15) is 11.5 Å². The zero-order valence-electron chi connectivity index (χ0n) is 18.0. The summed E-state index contributed by atoms with van der Waals surface area (Å²) >= 11 is 0. The number of methoxy groups -OCH3 is 2. The van der Waals surface area contributed by atoms with Gasteiger partial charge in [-0.3, -0.25) is 9.89 Å². The number of guanidine groups is 1. The van der Waals surface area contributed by atoms with Crippen LogP contribution < -0.4 is 20.1 Å². The third-order valence-electron chi connectivity index (χ3n) is 4.97. The van der Waals surface area contributed by atoms with E-state index in [-0.39, 0.29) is 0 Å². The van der Waals surface area contributed by atoms with Crippen LogP contribution in [0.1, 0.15) is 25.8 Å². The van der Waals surface area contributed by atoms with Gasteiger partial charge < -0.3 is 24.8 Å². The molecule has 7 heteroatoms. The third-order valence-corrected chi connectivity index (χ3v) is 4.97. The number of ether oxygens (including phenoxy) is 3. The second kappa shape index (κ2) is 11.8. The van der Waals surface area contributed by atoms with Gasteiger partial charge >= 0.3 is 0 Å². The molecular formula is C21H36N4O3. The maximum Gasteiger partial charge on any atom is 0.191 e. The molecule has 0 amide bonds. The first-order chi connectivity index (χ1) is 13.6. The lowest BCUT2D eigenvalue weighted by atomic mass is 10.0. The average Bonchev–Trinajstić information content (AvgIpc) is 2.73. The van der Waals surface area contributed by atoms with E-state index in [1.54, 1.807) is 21.3 Å². The van der Waals surface area contributed by atoms with E-state index in [2.05, 4.69) is 34.4 Å². The number of hydrogen-bond donors (Lipinski definition) is 2. The number of nitrogens with one attached hydrogen (secondary N) is 2. The van der Waals surface area contributed by atoms with Crippen molar-refractivity contribution >= 4 is 5.96 Å². The van der Waals surface area contributed by atoms with Gasteiger partial charge in [-0.2, -0.15) is 0 Å². The van der Waals surface area contributed by atoms with E-state index >= 15 is 0 Å². The number of nitrogens with zero attached hydrogens (tertiary/aromatic N) is 2. The summed E-state index contributed by atoms with van der Waals surface area (Å²) in [6, 6.07) is 6.31. The monoisotopic (exact) mass is 392 g/mol. The van der Waals surface area contributed by atoms with Crippen LogP contribution in [0.4, 0.5) is 0 Å². The molecule has 0 aliphatic carbocycles. The van der Waals surface area contributed by atoms with E-state index in [4.69, 9.17) is 14.2 Å². The summed E-state index contributed by atoms with van der Waals surface area (Å²) in [4.78, 5) is 6.90. The summed E-state index contributed by atoms with van der Waals surface area (Å²) < 4.78 is 16.2. The summed E-state index contributed by atoms with van der Waals surface area (Å²) in [5.41, 5.74) is 1.05. The van der Waals surface area contributed by atoms with Gasteiger partial charge in [0.15, 0.2) is 5.96 Å². The van der Waals surface area contributed by atoms with Crippen molar-refractivity contribution in [2.45, 2.75) is 32.9 Å². The van der Waals surface area contributed by atoms with Crippen LogP contribution in [-0.2, 0) is 11.3 Å². The Hall–Kier alpha value is -1.99. The normalized spacial score (nSPS) is 16.7. The van der Waals surface area contributed by atoms with Crippen LogP contribution in [0.5, 0.6) is 11.5 Å². The number of morpholine rings is 1. The van der Waals surface area contributed by atoms with Crippen LogP contribution in [0.2, 0.25) is 0 Å². The van der Waals surface area contributed by atoms with Gasteiger partial charge in [-0.15, -0.1) is 0 Å². The minimum atomic E-state index is 0.470. The van der Waals surface area contributed by atoms with Gasteiger partial charge in [0.2, 0.25) is 0 Å². The summed E-state index contributed by atoms with van der Waals surface area (Å²) in [6.07, 6.45) is 1.15. The highest BCUT2D eigenvalue weighted by Gasteiger charge is 2.22. The van der Waals surface area contributed by atoms with Crippen molar-refractivity contribution in [3.05, 3.63) is 23.8 Å². The molecule has 1 aromatic rings. The summed E-state index contributed by atoms with van der Waals surface area (Å²) in [5, 5.41) is 6.88. The highest BCUT2D eigenvalue weighted by Crippen LogP contribution is 2.24. The van der Waals surface area contributed by atoms with Crippen molar-refractivity contribution in [3.63, 3.8) is 0 Å². The van der Waals surface area contributed by atoms with Crippen molar-refractivity contribution in [3.8, 4) is 11.5 Å². The molecule has 2 rings (SSSR count). The summed E-state index contributed by atoms with van der Waals surface area (Å²) in [7, 11) is 5.12. The maximum absolute atomic E-state index is 5.51. The number of aliphatic imine (C=N–C) groups is 1. The predicted molar refractivity (Wildman–Crippen MR) is 113 cm³/mol. The number of rotatable bonds is 9. The highest BCUT2D eigenvalue weighted by atomic mass is 16.5. The molecule has 1 aliphatic rings. The first-order valence-corrected chi connectivity index (χ1v) is 10.0. The number of hydrogen-bond acceptors (Lipinski definition) is 5. The van der Waals surface area contributed by atoms with Gasteiger partial charge in [-0.25, -0.2) is 0 Å². The zero-order chi connectivity index (χ0) is 20.4. The van der Waals surface area contributed by atoms with Crippen LogP contribution in [0.3, 0.4) is 0 Å². The topological polar surface area (TPSA) is 67.4 Å². The fraction of sp³-hybridized carbons (Fsp3) is 0.667. The Kier molecular flexibility index (Phi) is 9.37. The highest BCUT2D eigenvalue weighted by molar-refractivity contribution is 5.79. The molecule has 1 atom stereocenters. The van der Waals surface area contributed by atoms with Crippen LogP contribution >= 0.6 is 0 Å². The van der Waals surface area contributed by atoms with Gasteiger partial charge in [-0.05, 0) is 24.5 Å². The Bertz CT molecular complexity index is 616. The SMILES string of the molecule is CN=C(NCc1ccc(OC)cc1OC)NCC(CC(C)C)N1CCOCC1. The quantitative estimate of drug-likeness (QED) is 0.496. The minimum Gasteiger partial charge on any atom is -0.497 e. The molecule has 0 radical (unpaired) electrons. The summed E-state index contributed by atoms with van der Waals surface area (Å²) in [5.74, 6) is 3.02. The standard InChI is InChI=1S/C21H36N4O3/c1-16(2)12-18(25-8-10-28-11-9-25)15-24-21(22-3)23-14-17-6-7-19(26-4)13-20(17)27-5/h6-7,13,16,18H,8-12,14-15H2,1-5H3,(H2,22,23,24). The Balaban J connectivity index is 1.92. The van der Waals surface area contributed by atoms with Crippen molar-refractivity contribution < 1.29 is 14.2 Å². The van der Waals surface area contributed by atoms with Crippen LogP contribution in [0.25, 0.3) is 0 Å². The first kappa shape index (κ1) is 22.3. The number of benzene rings is 1. The van der Waals surface area contributed by atoms with E-state index in [9.17, 15) is 0 Å². The Morgan fingerprint density at radius 3 is 2.54 bits per heavy atom. The third kappa shape index (κ3) is 6.87. The second-order valence-corrected chi connectivity index (χ2v) is 7.42. The molecule has 1 unspecified atom stereocenters. The summed E-state index contributed by atoms with van der Waals surface area (Å²) in [6.45, 7) is 9.66. The smallest absolute Gasteiger partial charge is 0.191 e. The van der Waals surface area contributed by atoms with E-state index < -0.39 is 0 Å². The second-order valence-electron chi connectivity index (χ2n) is 7.42. The predicted octanol–water partition coefficient (Wildman–Crippen LogP) is 2.12. The fourth-order valence-electron chi connectivity index (χ4n) is 3.46. The molecule has 1 aromatic carbocycles. The molecule has 1 aliphatic heterocycles. The van der Waals surface area contributed by atoms with Crippen LogP contribution in [0, 0.1) is 5.92 Å². The molecule has 1 heterocycles.